The first-order valence-corrected chi connectivity index (χ1v) is 13.7. The summed E-state index contributed by atoms with van der Waals surface area (Å²) in [6, 6.07) is 27.0. The molecule has 0 spiro atoms. The fourth-order valence-corrected chi connectivity index (χ4v) is 5.18. The predicted octanol–water partition coefficient (Wildman–Crippen LogP) is 5.12. The van der Waals surface area contributed by atoms with Crippen molar-refractivity contribution in [3.8, 4) is 0 Å². The Labute approximate surface area is 232 Å². The van der Waals surface area contributed by atoms with Gasteiger partial charge in [-0.3, -0.25) is 13.9 Å². The zero-order chi connectivity index (χ0) is 28.7. The van der Waals surface area contributed by atoms with E-state index in [1.807, 2.05) is 13.0 Å². The van der Waals surface area contributed by atoms with Crippen molar-refractivity contribution < 1.29 is 22.4 Å². The molecule has 2 amide bonds. The number of hydrazone groups is 1. The first-order valence-electron chi connectivity index (χ1n) is 12.3. The number of rotatable bonds is 9. The number of hydrogen-bond acceptors (Lipinski definition) is 5. The first kappa shape index (κ1) is 28.2. The summed E-state index contributed by atoms with van der Waals surface area (Å²) in [5.74, 6) is -1.79. The van der Waals surface area contributed by atoms with Crippen LogP contribution in [0, 0.1) is 12.7 Å². The van der Waals surface area contributed by atoms with E-state index in [0.29, 0.717) is 22.5 Å². The summed E-state index contributed by atoms with van der Waals surface area (Å²) in [4.78, 5) is 25.1. The third-order valence-electron chi connectivity index (χ3n) is 5.96. The Hall–Kier alpha value is -4.83. The van der Waals surface area contributed by atoms with Crippen LogP contribution in [0.15, 0.2) is 113 Å². The normalized spacial score (nSPS) is 11.5. The summed E-state index contributed by atoms with van der Waals surface area (Å²) in [5, 5.41) is 6.89. The molecule has 40 heavy (non-hydrogen) atoms. The molecule has 0 saturated carbocycles. The van der Waals surface area contributed by atoms with Gasteiger partial charge in [-0.25, -0.2) is 18.2 Å². The van der Waals surface area contributed by atoms with Crippen LogP contribution in [0.5, 0.6) is 0 Å². The number of carbonyl (C=O) groups is 2. The smallest absolute Gasteiger partial charge is 0.264 e. The van der Waals surface area contributed by atoms with E-state index < -0.39 is 28.3 Å². The van der Waals surface area contributed by atoms with Gasteiger partial charge in [-0.1, -0.05) is 60.2 Å². The molecule has 0 aliphatic carbocycles. The molecule has 0 heterocycles. The highest BCUT2D eigenvalue weighted by atomic mass is 32.2. The molecule has 4 rings (SSSR count). The minimum absolute atomic E-state index is 0.0757. The molecule has 0 bridgehead atoms. The second-order valence-corrected chi connectivity index (χ2v) is 10.8. The molecule has 0 fully saturated rings. The van der Waals surface area contributed by atoms with E-state index >= 15 is 0 Å². The van der Waals surface area contributed by atoms with Crippen LogP contribution in [0.25, 0.3) is 0 Å². The Bertz CT molecular complexity index is 1640. The minimum Gasteiger partial charge on any atom is -0.322 e. The molecule has 0 atom stereocenters. The predicted molar refractivity (Wildman–Crippen MR) is 153 cm³/mol. The number of carbonyl (C=O) groups excluding carboxylic acids is 2. The van der Waals surface area contributed by atoms with Gasteiger partial charge in [-0.2, -0.15) is 5.10 Å². The van der Waals surface area contributed by atoms with Gasteiger partial charge in [0.15, 0.2) is 0 Å². The van der Waals surface area contributed by atoms with Gasteiger partial charge in [0, 0.05) is 11.3 Å². The maximum Gasteiger partial charge on any atom is 0.264 e. The maximum atomic E-state index is 14.7. The number of amides is 2. The van der Waals surface area contributed by atoms with Crippen molar-refractivity contribution >= 4 is 38.9 Å². The number of hydrogen-bond donors (Lipinski definition) is 2. The SMILES string of the molecule is C/C(=N/NC(=O)CN(c1ccccc1F)S(=O)(=O)c1ccc(C)cc1)c1ccc(NC(=O)c2ccccc2)cc1. The number of sulfonamides is 1. The van der Waals surface area contributed by atoms with Crippen LogP contribution in [0.4, 0.5) is 15.8 Å². The summed E-state index contributed by atoms with van der Waals surface area (Å²) in [7, 11) is -4.26. The van der Waals surface area contributed by atoms with E-state index in [1.54, 1.807) is 67.6 Å². The Morgan fingerprint density at radius 1 is 0.825 bits per heavy atom. The van der Waals surface area contributed by atoms with Crippen molar-refractivity contribution in [1.82, 2.24) is 5.43 Å². The van der Waals surface area contributed by atoms with Crippen molar-refractivity contribution in [2.75, 3.05) is 16.2 Å². The lowest BCUT2D eigenvalue weighted by Crippen LogP contribution is -2.40. The first-order chi connectivity index (χ1) is 19.1. The number of halogens is 1. The number of nitrogens with zero attached hydrogens (tertiary/aromatic N) is 2. The highest BCUT2D eigenvalue weighted by molar-refractivity contribution is 7.92. The number of anilines is 2. The van der Waals surface area contributed by atoms with Crippen molar-refractivity contribution in [1.29, 1.82) is 0 Å². The molecular weight excluding hydrogens is 531 g/mol. The van der Waals surface area contributed by atoms with Gasteiger partial charge in [0.2, 0.25) is 0 Å². The van der Waals surface area contributed by atoms with Gasteiger partial charge in [0.1, 0.15) is 12.4 Å². The van der Waals surface area contributed by atoms with Crippen LogP contribution in [0.1, 0.15) is 28.4 Å². The van der Waals surface area contributed by atoms with Gasteiger partial charge >= 0.3 is 0 Å². The lowest BCUT2D eigenvalue weighted by Gasteiger charge is -2.24. The summed E-state index contributed by atoms with van der Waals surface area (Å²) >= 11 is 0. The molecule has 0 unspecified atom stereocenters. The molecule has 0 aliphatic rings. The van der Waals surface area contributed by atoms with E-state index in [2.05, 4.69) is 15.8 Å². The Kier molecular flexibility index (Phi) is 8.70. The number of aryl methyl sites for hydroxylation is 1. The van der Waals surface area contributed by atoms with Gasteiger partial charge in [0.25, 0.3) is 21.8 Å². The van der Waals surface area contributed by atoms with E-state index in [-0.39, 0.29) is 16.5 Å². The third-order valence-corrected chi connectivity index (χ3v) is 7.74. The van der Waals surface area contributed by atoms with E-state index in [9.17, 15) is 22.4 Å². The topological polar surface area (TPSA) is 108 Å². The average Bonchev–Trinajstić information content (AvgIpc) is 2.96. The lowest BCUT2D eigenvalue weighted by atomic mass is 10.1. The largest absolute Gasteiger partial charge is 0.322 e. The fourth-order valence-electron chi connectivity index (χ4n) is 3.76. The third kappa shape index (κ3) is 6.78. The molecule has 0 radical (unpaired) electrons. The van der Waals surface area contributed by atoms with E-state index in [1.165, 1.54) is 30.3 Å². The zero-order valence-corrected chi connectivity index (χ0v) is 22.7. The second kappa shape index (κ2) is 12.4. The van der Waals surface area contributed by atoms with Crippen LogP contribution < -0.4 is 15.0 Å². The molecule has 0 aromatic heterocycles. The van der Waals surface area contributed by atoms with Crippen molar-refractivity contribution in [3.05, 3.63) is 126 Å². The molecule has 10 heteroatoms. The molecule has 204 valence electrons. The standard InChI is InChI=1S/C30H27FN4O4S/c1-21-12-18-26(19-13-21)40(38,39)35(28-11-7-6-10-27(28)31)20-29(36)34-33-22(2)23-14-16-25(17-15-23)32-30(37)24-8-4-3-5-9-24/h3-19H,20H2,1-2H3,(H,32,37)(H,34,36)/b33-22-. The Morgan fingerprint density at radius 2 is 1.45 bits per heavy atom. The highest BCUT2D eigenvalue weighted by Gasteiger charge is 2.29. The van der Waals surface area contributed by atoms with Crippen molar-refractivity contribution in [2.24, 2.45) is 5.10 Å². The quantitative estimate of drug-likeness (QED) is 0.220. The summed E-state index contributed by atoms with van der Waals surface area (Å²) < 4.78 is 42.2. The van der Waals surface area contributed by atoms with Gasteiger partial charge in [-0.05, 0) is 67.9 Å². The number of benzene rings is 4. The molecule has 0 aliphatic heterocycles. The maximum absolute atomic E-state index is 14.7. The Morgan fingerprint density at radius 3 is 2.10 bits per heavy atom. The summed E-state index contributed by atoms with van der Waals surface area (Å²) in [6.07, 6.45) is 0. The van der Waals surface area contributed by atoms with Gasteiger partial charge < -0.3 is 5.32 Å². The minimum atomic E-state index is -4.26. The monoisotopic (exact) mass is 558 g/mol. The molecule has 2 N–H and O–H groups in total. The number of para-hydroxylation sites is 1. The van der Waals surface area contributed by atoms with Crippen LogP contribution in [-0.2, 0) is 14.8 Å². The van der Waals surface area contributed by atoms with Crippen molar-refractivity contribution in [3.63, 3.8) is 0 Å². The Balaban J connectivity index is 1.47. The van der Waals surface area contributed by atoms with Crippen LogP contribution >= 0.6 is 0 Å². The molecular formula is C30H27FN4O4S. The van der Waals surface area contributed by atoms with E-state index in [4.69, 9.17) is 0 Å². The summed E-state index contributed by atoms with van der Waals surface area (Å²) in [6.45, 7) is 2.78. The fraction of sp³-hybridized carbons (Fsp3) is 0.100. The number of nitrogens with one attached hydrogen (secondary N) is 2. The van der Waals surface area contributed by atoms with Crippen LogP contribution in [0.3, 0.4) is 0 Å². The van der Waals surface area contributed by atoms with Crippen molar-refractivity contribution in [2.45, 2.75) is 18.7 Å². The van der Waals surface area contributed by atoms with Crippen LogP contribution in [0.2, 0.25) is 0 Å². The van der Waals surface area contributed by atoms with Gasteiger partial charge in [0.05, 0.1) is 16.3 Å². The molecule has 4 aromatic carbocycles. The second-order valence-electron chi connectivity index (χ2n) is 8.91. The molecule has 0 saturated heterocycles. The zero-order valence-electron chi connectivity index (χ0n) is 21.8. The van der Waals surface area contributed by atoms with Gasteiger partial charge in [-0.15, -0.1) is 0 Å². The highest BCUT2D eigenvalue weighted by Crippen LogP contribution is 2.26. The van der Waals surface area contributed by atoms with Crippen LogP contribution in [-0.4, -0.2) is 32.5 Å². The summed E-state index contributed by atoms with van der Waals surface area (Å²) in [5.41, 5.74) is 5.16. The van der Waals surface area contributed by atoms with E-state index in [0.717, 1.165) is 15.9 Å². The molecule has 4 aromatic rings. The lowest BCUT2D eigenvalue weighted by molar-refractivity contribution is -0.119. The average molecular weight is 559 g/mol. The molecule has 8 nitrogen and oxygen atoms in total.